The van der Waals surface area contributed by atoms with Gasteiger partial charge in [-0.2, -0.15) is 0 Å². The maximum absolute atomic E-state index is 12.3. The van der Waals surface area contributed by atoms with E-state index in [1.54, 1.807) is 29.2 Å². The Kier molecular flexibility index (Phi) is 4.35. The molecule has 1 aliphatic rings. The largest absolute Gasteiger partial charge is 0.337 e. The average Bonchev–Trinajstić information content (AvgIpc) is 2.81. The SMILES string of the molecule is CC(=O)c1ccc(NC(=O)C2CC(=O)N(C(C)(C)C)C2)cc1. The molecule has 1 fully saturated rings. The second-order valence-electron chi connectivity index (χ2n) is 6.70. The Bertz CT molecular complexity index is 599. The van der Waals surface area contributed by atoms with Gasteiger partial charge in [0.2, 0.25) is 11.8 Å². The molecule has 0 radical (unpaired) electrons. The van der Waals surface area contributed by atoms with E-state index >= 15 is 0 Å². The zero-order valence-electron chi connectivity index (χ0n) is 13.5. The lowest BCUT2D eigenvalue weighted by molar-refractivity contribution is -0.131. The molecule has 1 aromatic carbocycles. The Morgan fingerprint density at radius 1 is 1.18 bits per heavy atom. The Morgan fingerprint density at radius 2 is 1.77 bits per heavy atom. The number of hydrogen-bond acceptors (Lipinski definition) is 3. The first-order valence-electron chi connectivity index (χ1n) is 7.41. The average molecular weight is 302 g/mol. The number of hydrogen-bond donors (Lipinski definition) is 1. The fraction of sp³-hybridized carbons (Fsp3) is 0.471. The van der Waals surface area contributed by atoms with Crippen molar-refractivity contribution in [3.05, 3.63) is 29.8 Å². The third-order valence-corrected chi connectivity index (χ3v) is 3.86. The van der Waals surface area contributed by atoms with Crippen molar-refractivity contribution in [1.82, 2.24) is 4.90 Å². The summed E-state index contributed by atoms with van der Waals surface area (Å²) in [7, 11) is 0. The van der Waals surface area contributed by atoms with E-state index in [-0.39, 0.29) is 35.5 Å². The molecule has 1 aromatic rings. The molecular weight excluding hydrogens is 280 g/mol. The lowest BCUT2D eigenvalue weighted by Gasteiger charge is -2.31. The van der Waals surface area contributed by atoms with Crippen molar-refractivity contribution in [3.63, 3.8) is 0 Å². The molecule has 0 aliphatic carbocycles. The van der Waals surface area contributed by atoms with Gasteiger partial charge in [0, 0.05) is 29.8 Å². The quantitative estimate of drug-likeness (QED) is 0.872. The van der Waals surface area contributed by atoms with Crippen molar-refractivity contribution in [3.8, 4) is 0 Å². The predicted molar refractivity (Wildman–Crippen MR) is 84.6 cm³/mol. The van der Waals surface area contributed by atoms with Crippen LogP contribution in [-0.2, 0) is 9.59 Å². The first-order valence-corrected chi connectivity index (χ1v) is 7.41. The highest BCUT2D eigenvalue weighted by atomic mass is 16.2. The first kappa shape index (κ1) is 16.2. The van der Waals surface area contributed by atoms with Gasteiger partial charge in [-0.1, -0.05) is 0 Å². The van der Waals surface area contributed by atoms with Crippen molar-refractivity contribution in [2.24, 2.45) is 5.92 Å². The zero-order chi connectivity index (χ0) is 16.5. The van der Waals surface area contributed by atoms with Crippen LogP contribution in [-0.4, -0.2) is 34.6 Å². The molecule has 5 nitrogen and oxygen atoms in total. The maximum atomic E-state index is 12.3. The number of benzene rings is 1. The lowest BCUT2D eigenvalue weighted by atomic mass is 10.1. The number of carbonyl (C=O) groups excluding carboxylic acids is 3. The van der Waals surface area contributed by atoms with Crippen LogP contribution in [0.15, 0.2) is 24.3 Å². The summed E-state index contributed by atoms with van der Waals surface area (Å²) in [6, 6.07) is 6.76. The summed E-state index contributed by atoms with van der Waals surface area (Å²) >= 11 is 0. The number of likely N-dealkylation sites (tertiary alicyclic amines) is 1. The third kappa shape index (κ3) is 3.53. The van der Waals surface area contributed by atoms with Crippen molar-refractivity contribution in [2.75, 3.05) is 11.9 Å². The van der Waals surface area contributed by atoms with E-state index < -0.39 is 0 Å². The fourth-order valence-electron chi connectivity index (χ4n) is 2.56. The molecule has 0 saturated carbocycles. The van der Waals surface area contributed by atoms with Crippen LogP contribution in [0.5, 0.6) is 0 Å². The van der Waals surface area contributed by atoms with Crippen molar-refractivity contribution < 1.29 is 14.4 Å². The van der Waals surface area contributed by atoms with E-state index in [2.05, 4.69) is 5.32 Å². The van der Waals surface area contributed by atoms with Gasteiger partial charge in [-0.15, -0.1) is 0 Å². The standard InChI is InChI=1S/C17H22N2O3/c1-11(20)12-5-7-14(8-6-12)18-16(22)13-9-15(21)19(10-13)17(2,3)4/h5-8,13H,9-10H2,1-4H3,(H,18,22). The van der Waals surface area contributed by atoms with E-state index in [0.29, 0.717) is 17.8 Å². The van der Waals surface area contributed by atoms with Gasteiger partial charge in [-0.3, -0.25) is 14.4 Å². The summed E-state index contributed by atoms with van der Waals surface area (Å²) in [5.74, 6) is -0.491. The van der Waals surface area contributed by atoms with Gasteiger partial charge in [0.1, 0.15) is 0 Å². The lowest BCUT2D eigenvalue weighted by Crippen LogP contribution is -2.42. The van der Waals surface area contributed by atoms with Crippen LogP contribution in [0.3, 0.4) is 0 Å². The minimum Gasteiger partial charge on any atom is -0.337 e. The molecule has 1 unspecified atom stereocenters. The molecule has 1 aliphatic heterocycles. The highest BCUT2D eigenvalue weighted by molar-refractivity contribution is 5.98. The molecular formula is C17H22N2O3. The molecule has 1 heterocycles. The molecule has 1 atom stereocenters. The zero-order valence-corrected chi connectivity index (χ0v) is 13.5. The number of nitrogens with zero attached hydrogens (tertiary/aromatic N) is 1. The molecule has 118 valence electrons. The third-order valence-electron chi connectivity index (χ3n) is 3.86. The number of Topliss-reactive ketones (excluding diaryl/α,β-unsaturated/α-hetero) is 1. The summed E-state index contributed by atoms with van der Waals surface area (Å²) in [5, 5.41) is 2.81. The van der Waals surface area contributed by atoms with Crippen LogP contribution in [0.1, 0.15) is 44.5 Å². The van der Waals surface area contributed by atoms with E-state index in [9.17, 15) is 14.4 Å². The number of carbonyl (C=O) groups is 3. The number of rotatable bonds is 3. The van der Waals surface area contributed by atoms with Crippen LogP contribution < -0.4 is 5.32 Å². The van der Waals surface area contributed by atoms with Crippen molar-refractivity contribution in [1.29, 1.82) is 0 Å². The van der Waals surface area contributed by atoms with Crippen LogP contribution >= 0.6 is 0 Å². The van der Waals surface area contributed by atoms with E-state index in [0.717, 1.165) is 0 Å². The molecule has 22 heavy (non-hydrogen) atoms. The summed E-state index contributed by atoms with van der Waals surface area (Å²) < 4.78 is 0. The highest BCUT2D eigenvalue weighted by Crippen LogP contribution is 2.26. The van der Waals surface area contributed by atoms with Gasteiger partial charge < -0.3 is 10.2 Å². The second-order valence-corrected chi connectivity index (χ2v) is 6.70. The number of nitrogens with one attached hydrogen (secondary N) is 1. The van der Waals surface area contributed by atoms with Crippen molar-refractivity contribution >= 4 is 23.3 Å². The highest BCUT2D eigenvalue weighted by Gasteiger charge is 2.39. The van der Waals surface area contributed by atoms with E-state index in [4.69, 9.17) is 0 Å². The van der Waals surface area contributed by atoms with Crippen LogP contribution in [0, 0.1) is 5.92 Å². The van der Waals surface area contributed by atoms with Gasteiger partial charge in [0.25, 0.3) is 0 Å². The molecule has 0 bridgehead atoms. The van der Waals surface area contributed by atoms with Gasteiger partial charge in [0.15, 0.2) is 5.78 Å². The second kappa shape index (κ2) is 5.91. The van der Waals surface area contributed by atoms with Gasteiger partial charge >= 0.3 is 0 Å². The number of anilines is 1. The monoisotopic (exact) mass is 302 g/mol. The summed E-state index contributed by atoms with van der Waals surface area (Å²) in [4.78, 5) is 37.3. The normalized spacial score (nSPS) is 18.5. The van der Waals surface area contributed by atoms with Gasteiger partial charge in [-0.25, -0.2) is 0 Å². The topological polar surface area (TPSA) is 66.5 Å². The van der Waals surface area contributed by atoms with Crippen LogP contribution in [0.4, 0.5) is 5.69 Å². The fourth-order valence-corrected chi connectivity index (χ4v) is 2.56. The Morgan fingerprint density at radius 3 is 2.23 bits per heavy atom. The van der Waals surface area contributed by atoms with Gasteiger partial charge in [0.05, 0.1) is 5.92 Å². The maximum Gasteiger partial charge on any atom is 0.229 e. The molecule has 5 heteroatoms. The molecule has 1 saturated heterocycles. The van der Waals surface area contributed by atoms with Gasteiger partial charge in [-0.05, 0) is 52.0 Å². The number of amides is 2. The molecule has 0 spiro atoms. The van der Waals surface area contributed by atoms with E-state index in [1.165, 1.54) is 6.92 Å². The number of ketones is 1. The Hall–Kier alpha value is -2.17. The van der Waals surface area contributed by atoms with E-state index in [1.807, 2.05) is 20.8 Å². The smallest absolute Gasteiger partial charge is 0.229 e. The first-order chi connectivity index (χ1) is 10.2. The molecule has 1 N–H and O–H groups in total. The summed E-state index contributed by atoms with van der Waals surface area (Å²) in [6.07, 6.45) is 0.245. The molecule has 2 amide bonds. The summed E-state index contributed by atoms with van der Waals surface area (Å²) in [5.41, 5.74) is 0.972. The minimum absolute atomic E-state index is 0.0135. The molecule has 0 aromatic heterocycles. The molecule has 2 rings (SSSR count). The van der Waals surface area contributed by atoms with Crippen LogP contribution in [0.25, 0.3) is 0 Å². The van der Waals surface area contributed by atoms with Crippen molar-refractivity contribution in [2.45, 2.75) is 39.7 Å². The Balaban J connectivity index is 2.01. The predicted octanol–water partition coefficient (Wildman–Crippen LogP) is 2.47. The minimum atomic E-state index is -0.334. The summed E-state index contributed by atoms with van der Waals surface area (Å²) in [6.45, 7) is 7.83. The van der Waals surface area contributed by atoms with Crippen LogP contribution in [0.2, 0.25) is 0 Å². The Labute approximate surface area is 130 Å².